The van der Waals surface area contributed by atoms with Crippen LogP contribution in [0.1, 0.15) is 96.8 Å². The Morgan fingerprint density at radius 1 is 0.476 bits per heavy atom. The summed E-state index contributed by atoms with van der Waals surface area (Å²) in [4.78, 5) is 0. The van der Waals surface area contributed by atoms with Gasteiger partial charge in [0.05, 0.1) is 27.7 Å². The van der Waals surface area contributed by atoms with Gasteiger partial charge in [-0.05, 0) is 12.8 Å². The highest BCUT2D eigenvalue weighted by molar-refractivity contribution is 4.49. The molecule has 0 saturated heterocycles. The van der Waals surface area contributed by atoms with Gasteiger partial charge in [-0.15, -0.1) is 0 Å². The van der Waals surface area contributed by atoms with Crippen LogP contribution in [0.3, 0.4) is 0 Å². The molecule has 0 atom stereocenters. The predicted octanol–water partition coefficient (Wildman–Crippen LogP) is 3.18. The summed E-state index contributed by atoms with van der Waals surface area (Å²) < 4.78 is 1.12. The minimum absolute atomic E-state index is 0. The third kappa shape index (κ3) is 22.9. The molecule has 0 fully saturated rings. The molecule has 0 aliphatic carbocycles. The van der Waals surface area contributed by atoms with Gasteiger partial charge in [-0.25, -0.2) is 0 Å². The lowest BCUT2D eigenvalue weighted by Gasteiger charge is -2.23. The van der Waals surface area contributed by atoms with E-state index in [1.807, 2.05) is 0 Å². The Balaban J connectivity index is 0. The van der Waals surface area contributed by atoms with Gasteiger partial charge in [0.2, 0.25) is 0 Å². The molecule has 0 aliphatic rings. The Morgan fingerprint density at radius 2 is 0.762 bits per heavy atom. The van der Waals surface area contributed by atoms with Crippen LogP contribution >= 0.6 is 0 Å². The van der Waals surface area contributed by atoms with Crippen molar-refractivity contribution in [3.05, 3.63) is 0 Å². The number of hydrogen-bond acceptors (Lipinski definition) is 0. The van der Waals surface area contributed by atoms with Gasteiger partial charge in [0.15, 0.2) is 0 Å². The molecular formula is C19H42BrN. The molecule has 0 aromatic heterocycles. The molecule has 0 aromatic rings. The fourth-order valence-corrected chi connectivity index (χ4v) is 2.78. The molecule has 0 N–H and O–H groups in total. The smallest absolute Gasteiger partial charge is 0.0780 e. The van der Waals surface area contributed by atoms with Gasteiger partial charge in [0.1, 0.15) is 0 Å². The van der Waals surface area contributed by atoms with E-state index in [1.165, 1.54) is 96.4 Å². The quantitative estimate of drug-likeness (QED) is 0.309. The van der Waals surface area contributed by atoms with E-state index in [1.54, 1.807) is 0 Å². The van der Waals surface area contributed by atoms with Crippen LogP contribution in [0.4, 0.5) is 0 Å². The van der Waals surface area contributed by atoms with Crippen LogP contribution in [0, 0.1) is 0 Å². The maximum atomic E-state index is 2.29. The Hall–Kier alpha value is 0.440. The van der Waals surface area contributed by atoms with Crippen LogP contribution in [0.2, 0.25) is 0 Å². The lowest BCUT2D eigenvalue weighted by Crippen LogP contribution is -3.00. The zero-order valence-electron chi connectivity index (χ0n) is 15.4. The van der Waals surface area contributed by atoms with Crippen LogP contribution in [0.15, 0.2) is 0 Å². The number of halogens is 1. The molecule has 0 amide bonds. The fraction of sp³-hybridized carbons (Fsp3) is 1.00. The topological polar surface area (TPSA) is 0 Å². The van der Waals surface area contributed by atoms with Crippen LogP contribution in [0.25, 0.3) is 0 Å². The van der Waals surface area contributed by atoms with E-state index < -0.39 is 0 Å². The first-order valence-corrected chi connectivity index (χ1v) is 9.36. The predicted molar refractivity (Wildman–Crippen MR) is 93.2 cm³/mol. The van der Waals surface area contributed by atoms with E-state index in [9.17, 15) is 0 Å². The minimum Gasteiger partial charge on any atom is -1.00 e. The molecule has 0 heterocycles. The zero-order valence-corrected chi connectivity index (χ0v) is 17.0. The second-order valence-corrected chi connectivity index (χ2v) is 7.61. The van der Waals surface area contributed by atoms with E-state index in [-0.39, 0.29) is 17.0 Å². The van der Waals surface area contributed by atoms with Crippen molar-refractivity contribution >= 4 is 0 Å². The maximum absolute atomic E-state index is 2.29. The SMILES string of the molecule is CCCCCCCCCCCCCCCC[N+](C)(C)C.[Br-]. The standard InChI is InChI=1S/C19H42N.BrH/c1-5-6-7-8-9-10-11-12-13-14-15-16-17-18-19-20(2,3)4;/h5-19H2,1-4H3;1H/q+1;/p-1. The molecule has 0 rings (SSSR count). The molecule has 21 heavy (non-hydrogen) atoms. The summed E-state index contributed by atoms with van der Waals surface area (Å²) >= 11 is 0. The molecule has 1 nitrogen and oxygen atoms in total. The van der Waals surface area contributed by atoms with Crippen molar-refractivity contribution in [2.75, 3.05) is 27.7 Å². The van der Waals surface area contributed by atoms with Crippen molar-refractivity contribution in [1.82, 2.24) is 0 Å². The average molecular weight is 364 g/mol. The molecule has 0 radical (unpaired) electrons. The van der Waals surface area contributed by atoms with Crippen molar-refractivity contribution in [2.45, 2.75) is 96.8 Å². The van der Waals surface area contributed by atoms with Crippen molar-refractivity contribution in [3.63, 3.8) is 0 Å². The normalized spacial score (nSPS) is 11.4. The van der Waals surface area contributed by atoms with Crippen LogP contribution < -0.4 is 17.0 Å². The van der Waals surface area contributed by atoms with E-state index in [4.69, 9.17) is 0 Å². The Labute approximate surface area is 146 Å². The van der Waals surface area contributed by atoms with Gasteiger partial charge < -0.3 is 21.5 Å². The second-order valence-electron chi connectivity index (χ2n) is 7.61. The van der Waals surface area contributed by atoms with E-state index in [0.29, 0.717) is 0 Å². The molecule has 0 saturated carbocycles. The fourth-order valence-electron chi connectivity index (χ4n) is 2.78. The van der Waals surface area contributed by atoms with Crippen molar-refractivity contribution < 1.29 is 21.5 Å². The Kier molecular flexibility index (Phi) is 19.0. The van der Waals surface area contributed by atoms with Gasteiger partial charge in [-0.3, -0.25) is 0 Å². The summed E-state index contributed by atoms with van der Waals surface area (Å²) in [6.07, 6.45) is 20.4. The minimum atomic E-state index is 0. The molecule has 0 aromatic carbocycles. The molecule has 0 bridgehead atoms. The molecule has 2 heteroatoms. The Bertz CT molecular complexity index is 186. The summed E-state index contributed by atoms with van der Waals surface area (Å²) in [5.74, 6) is 0. The first kappa shape index (κ1) is 23.7. The highest BCUT2D eigenvalue weighted by atomic mass is 79.9. The van der Waals surface area contributed by atoms with E-state index >= 15 is 0 Å². The van der Waals surface area contributed by atoms with E-state index in [2.05, 4.69) is 28.1 Å². The van der Waals surface area contributed by atoms with Crippen LogP contribution in [-0.2, 0) is 0 Å². The number of quaternary nitrogens is 1. The number of unbranched alkanes of at least 4 members (excludes halogenated alkanes) is 13. The van der Waals surface area contributed by atoms with Gasteiger partial charge in [0.25, 0.3) is 0 Å². The van der Waals surface area contributed by atoms with Gasteiger partial charge in [0, 0.05) is 0 Å². The van der Waals surface area contributed by atoms with Gasteiger partial charge >= 0.3 is 0 Å². The average Bonchev–Trinajstić information content (AvgIpc) is 2.38. The second kappa shape index (κ2) is 16.8. The summed E-state index contributed by atoms with van der Waals surface area (Å²) in [5.41, 5.74) is 0. The first-order chi connectivity index (χ1) is 9.56. The highest BCUT2D eigenvalue weighted by Crippen LogP contribution is 2.13. The van der Waals surface area contributed by atoms with Gasteiger partial charge in [-0.1, -0.05) is 84.0 Å². The molecule has 0 unspecified atom stereocenters. The third-order valence-electron chi connectivity index (χ3n) is 4.18. The molecule has 0 spiro atoms. The number of rotatable bonds is 15. The Morgan fingerprint density at radius 3 is 1.05 bits per heavy atom. The van der Waals surface area contributed by atoms with E-state index in [0.717, 1.165) is 4.48 Å². The number of nitrogens with zero attached hydrogens (tertiary/aromatic N) is 1. The lowest BCUT2D eigenvalue weighted by molar-refractivity contribution is -0.870. The lowest BCUT2D eigenvalue weighted by atomic mass is 10.0. The largest absolute Gasteiger partial charge is 1.00 e. The zero-order chi connectivity index (χ0) is 15.1. The van der Waals surface area contributed by atoms with Crippen LogP contribution in [-0.4, -0.2) is 32.2 Å². The molecular weight excluding hydrogens is 322 g/mol. The highest BCUT2D eigenvalue weighted by Gasteiger charge is 2.04. The summed E-state index contributed by atoms with van der Waals surface area (Å²) in [7, 11) is 6.88. The first-order valence-electron chi connectivity index (χ1n) is 9.36. The van der Waals surface area contributed by atoms with Crippen LogP contribution in [0.5, 0.6) is 0 Å². The monoisotopic (exact) mass is 363 g/mol. The van der Waals surface area contributed by atoms with Crippen molar-refractivity contribution in [1.29, 1.82) is 0 Å². The van der Waals surface area contributed by atoms with Crippen molar-refractivity contribution in [3.8, 4) is 0 Å². The number of hydrogen-bond donors (Lipinski definition) is 0. The third-order valence-corrected chi connectivity index (χ3v) is 4.18. The van der Waals surface area contributed by atoms with Crippen molar-refractivity contribution in [2.24, 2.45) is 0 Å². The summed E-state index contributed by atoms with van der Waals surface area (Å²) in [6.45, 7) is 3.63. The summed E-state index contributed by atoms with van der Waals surface area (Å²) in [5, 5.41) is 0. The molecule has 0 aliphatic heterocycles. The maximum Gasteiger partial charge on any atom is 0.0780 e. The van der Waals surface area contributed by atoms with Gasteiger partial charge in [-0.2, -0.15) is 0 Å². The summed E-state index contributed by atoms with van der Waals surface area (Å²) in [6, 6.07) is 0. The molecule has 130 valence electrons.